The van der Waals surface area contributed by atoms with Crippen LogP contribution >= 0.6 is 0 Å². The van der Waals surface area contributed by atoms with Crippen LogP contribution < -0.4 is 10.0 Å². The highest BCUT2D eigenvalue weighted by atomic mass is 32.2. The summed E-state index contributed by atoms with van der Waals surface area (Å²) in [5.74, 6) is -2.94. The van der Waals surface area contributed by atoms with Crippen molar-refractivity contribution in [1.29, 1.82) is 0 Å². The van der Waals surface area contributed by atoms with Crippen molar-refractivity contribution >= 4 is 38.8 Å². The van der Waals surface area contributed by atoms with E-state index in [9.17, 15) is 31.2 Å². The van der Waals surface area contributed by atoms with Crippen LogP contribution in [0.4, 0.5) is 18.9 Å². The van der Waals surface area contributed by atoms with Gasteiger partial charge in [-0.1, -0.05) is 30.3 Å². The molecule has 0 radical (unpaired) electrons. The molecule has 0 saturated carbocycles. The third kappa shape index (κ3) is 8.79. The van der Waals surface area contributed by atoms with E-state index in [2.05, 4.69) is 20.0 Å². The number of nitrogens with zero attached hydrogens (tertiary/aromatic N) is 3. The molecule has 0 spiro atoms. The van der Waals surface area contributed by atoms with Crippen LogP contribution in [0.15, 0.2) is 78.0 Å². The van der Waals surface area contributed by atoms with Crippen LogP contribution in [-0.2, 0) is 30.8 Å². The summed E-state index contributed by atoms with van der Waals surface area (Å²) >= 11 is 0. The molecule has 2 aromatic heterocycles. The number of anilines is 1. The maximum Gasteiger partial charge on any atom is 0.490 e. The highest BCUT2D eigenvalue weighted by Gasteiger charge is 2.42. The predicted molar refractivity (Wildman–Crippen MR) is 159 cm³/mol. The Balaban J connectivity index is 1.50. The van der Waals surface area contributed by atoms with E-state index >= 15 is 0 Å². The van der Waals surface area contributed by atoms with Crippen molar-refractivity contribution in [3.63, 3.8) is 0 Å². The van der Waals surface area contributed by atoms with E-state index in [-0.39, 0.29) is 35.0 Å². The molecule has 45 heavy (non-hydrogen) atoms. The van der Waals surface area contributed by atoms with E-state index in [0.717, 1.165) is 0 Å². The number of benzene rings is 2. The lowest BCUT2D eigenvalue weighted by molar-refractivity contribution is -0.205. The first kappa shape index (κ1) is 33.4. The molecule has 1 unspecified atom stereocenters. The van der Waals surface area contributed by atoms with Gasteiger partial charge in [0.25, 0.3) is 10.0 Å². The molecule has 2 heterocycles. The van der Waals surface area contributed by atoms with Crippen LogP contribution in [0.3, 0.4) is 0 Å². The van der Waals surface area contributed by atoms with Gasteiger partial charge < -0.3 is 19.4 Å². The summed E-state index contributed by atoms with van der Waals surface area (Å²) in [5, 5.41) is 3.15. The standard InChI is InChI=1S/C30H32F3N5O6S/c1-4-43-27(39)24-14-13-23-26(36-24)38(19-34-23)16-15-29(2,3)35-18-25(44-28(40)30(31,32)33)20-9-8-10-21(17-20)37-45(41,42)22-11-6-5-7-12-22/h5-14,17,19,25,35,37H,4,15-16,18H2,1-3H3. The Kier molecular flexibility index (Phi) is 10.1. The Morgan fingerprint density at radius 3 is 2.44 bits per heavy atom. The van der Waals surface area contributed by atoms with Crippen molar-refractivity contribution in [3.05, 3.63) is 84.3 Å². The van der Waals surface area contributed by atoms with E-state index < -0.39 is 39.8 Å². The van der Waals surface area contributed by atoms with Gasteiger partial charge in [0.2, 0.25) is 0 Å². The van der Waals surface area contributed by atoms with E-state index in [1.54, 1.807) is 42.1 Å². The molecule has 0 amide bonds. The molecule has 11 nitrogen and oxygen atoms in total. The molecule has 0 fully saturated rings. The van der Waals surface area contributed by atoms with Gasteiger partial charge in [0.1, 0.15) is 11.6 Å². The van der Waals surface area contributed by atoms with E-state index in [4.69, 9.17) is 9.47 Å². The minimum atomic E-state index is -5.24. The van der Waals surface area contributed by atoms with Crippen LogP contribution in [0, 0.1) is 0 Å². The maximum absolute atomic E-state index is 13.2. The number of carbonyl (C=O) groups excluding carboxylic acids is 2. The zero-order valence-corrected chi connectivity index (χ0v) is 25.5. The molecule has 0 saturated heterocycles. The minimum absolute atomic E-state index is 0.00291. The molecule has 240 valence electrons. The molecule has 2 aromatic carbocycles. The molecule has 2 N–H and O–H groups in total. The van der Waals surface area contributed by atoms with Gasteiger partial charge in [-0.2, -0.15) is 13.2 Å². The number of alkyl halides is 3. The molecular formula is C30H32F3N5O6S. The number of ether oxygens (including phenoxy) is 2. The van der Waals surface area contributed by atoms with Crippen LogP contribution in [0.5, 0.6) is 0 Å². The van der Waals surface area contributed by atoms with Gasteiger partial charge in [0, 0.05) is 24.3 Å². The fourth-order valence-corrected chi connectivity index (χ4v) is 5.39. The van der Waals surface area contributed by atoms with Gasteiger partial charge in [0.05, 0.1) is 17.8 Å². The van der Waals surface area contributed by atoms with Crippen LogP contribution in [-0.4, -0.2) is 59.8 Å². The number of pyridine rings is 1. The molecule has 0 aliphatic rings. The topological polar surface area (TPSA) is 142 Å². The predicted octanol–water partition coefficient (Wildman–Crippen LogP) is 5.01. The highest BCUT2D eigenvalue weighted by Crippen LogP contribution is 2.27. The molecule has 0 aliphatic heterocycles. The summed E-state index contributed by atoms with van der Waals surface area (Å²) in [5.41, 5.74) is 0.667. The van der Waals surface area contributed by atoms with Crippen molar-refractivity contribution in [2.24, 2.45) is 0 Å². The number of halogens is 3. The van der Waals surface area contributed by atoms with Gasteiger partial charge in [0.15, 0.2) is 11.3 Å². The second kappa shape index (κ2) is 13.6. The number of aromatic nitrogens is 3. The van der Waals surface area contributed by atoms with Crippen molar-refractivity contribution < 1.29 is 40.7 Å². The van der Waals surface area contributed by atoms with E-state index in [1.165, 1.54) is 42.5 Å². The number of nitrogens with one attached hydrogen (secondary N) is 2. The monoisotopic (exact) mass is 647 g/mol. The molecule has 1 atom stereocenters. The Morgan fingerprint density at radius 1 is 1.02 bits per heavy atom. The molecule has 4 rings (SSSR count). The number of sulfonamides is 1. The van der Waals surface area contributed by atoms with Gasteiger partial charge in [-0.15, -0.1) is 0 Å². The highest BCUT2D eigenvalue weighted by molar-refractivity contribution is 7.92. The second-order valence-electron chi connectivity index (χ2n) is 10.6. The lowest BCUT2D eigenvalue weighted by atomic mass is 9.99. The molecule has 4 aromatic rings. The van der Waals surface area contributed by atoms with Gasteiger partial charge in [-0.05, 0) is 69.2 Å². The molecule has 0 aliphatic carbocycles. The Labute approximate surface area is 257 Å². The van der Waals surface area contributed by atoms with Crippen molar-refractivity contribution in [3.8, 4) is 0 Å². The SMILES string of the molecule is CCOC(=O)c1ccc2ncn(CCC(C)(C)NCC(OC(=O)C(F)(F)F)c3cccc(NS(=O)(=O)c4ccccc4)c3)c2n1. The van der Waals surface area contributed by atoms with Gasteiger partial charge in [-0.25, -0.2) is 28.0 Å². The second-order valence-corrected chi connectivity index (χ2v) is 12.3. The smallest absolute Gasteiger partial charge is 0.461 e. The minimum Gasteiger partial charge on any atom is -0.461 e. The number of hydrogen-bond donors (Lipinski definition) is 2. The average molecular weight is 648 g/mol. The number of rotatable bonds is 13. The third-order valence-electron chi connectivity index (χ3n) is 6.74. The lowest BCUT2D eigenvalue weighted by Crippen LogP contribution is -2.43. The largest absolute Gasteiger partial charge is 0.490 e. The molecule has 0 bridgehead atoms. The molecular weight excluding hydrogens is 615 g/mol. The number of fused-ring (bicyclic) bond motifs is 1. The van der Waals surface area contributed by atoms with Crippen molar-refractivity contribution in [2.45, 2.75) is 56.5 Å². The average Bonchev–Trinajstić information content (AvgIpc) is 3.40. The van der Waals surface area contributed by atoms with Crippen molar-refractivity contribution in [1.82, 2.24) is 19.9 Å². The Bertz CT molecular complexity index is 1760. The number of aryl methyl sites for hydroxylation is 1. The maximum atomic E-state index is 13.2. The lowest BCUT2D eigenvalue weighted by Gasteiger charge is -2.29. The zero-order chi connectivity index (χ0) is 32.8. The number of carbonyl (C=O) groups is 2. The molecule has 15 heteroatoms. The van der Waals surface area contributed by atoms with Crippen LogP contribution in [0.2, 0.25) is 0 Å². The van der Waals surface area contributed by atoms with E-state index in [0.29, 0.717) is 24.1 Å². The van der Waals surface area contributed by atoms with Gasteiger partial charge in [-0.3, -0.25) is 4.72 Å². The summed E-state index contributed by atoms with van der Waals surface area (Å²) in [7, 11) is -3.98. The number of hydrogen-bond acceptors (Lipinski definition) is 9. The van der Waals surface area contributed by atoms with Crippen molar-refractivity contribution in [2.75, 3.05) is 17.9 Å². The normalized spacial score (nSPS) is 12.9. The first-order valence-corrected chi connectivity index (χ1v) is 15.4. The van der Waals surface area contributed by atoms with E-state index in [1.807, 2.05) is 13.8 Å². The van der Waals surface area contributed by atoms with Crippen LogP contribution in [0.25, 0.3) is 11.2 Å². The van der Waals surface area contributed by atoms with Gasteiger partial charge >= 0.3 is 18.1 Å². The Hall–Kier alpha value is -4.50. The first-order chi connectivity index (χ1) is 21.2. The first-order valence-electron chi connectivity index (χ1n) is 13.9. The number of esters is 2. The third-order valence-corrected chi connectivity index (χ3v) is 8.13. The summed E-state index contributed by atoms with van der Waals surface area (Å²) in [6.07, 6.45) is -4.65. The summed E-state index contributed by atoms with van der Waals surface area (Å²) in [6, 6.07) is 16.4. The Morgan fingerprint density at radius 2 is 1.76 bits per heavy atom. The quantitative estimate of drug-likeness (QED) is 0.192. The summed E-state index contributed by atoms with van der Waals surface area (Å²) in [4.78, 5) is 32.7. The van der Waals surface area contributed by atoms with Crippen LogP contribution in [0.1, 0.15) is 49.3 Å². The fraction of sp³-hybridized carbons (Fsp3) is 0.333. The summed E-state index contributed by atoms with van der Waals surface area (Å²) < 4.78 is 79.2. The number of imidazole rings is 1. The zero-order valence-electron chi connectivity index (χ0n) is 24.7. The summed E-state index contributed by atoms with van der Waals surface area (Å²) in [6.45, 7) is 5.67. The fourth-order valence-electron chi connectivity index (χ4n) is 4.32.